The summed E-state index contributed by atoms with van der Waals surface area (Å²) in [7, 11) is 1.65. The molecule has 6 nitrogen and oxygen atoms in total. The quantitative estimate of drug-likeness (QED) is 0.741. The standard InChI is InChI=1S/C17H18N4O2/c1-22-16-6-2-4-12-7-8-14(18-17(12)16)15-11-21(20-19-15)10-13-5-3-9-23-13/h2,4,6-8,11,13H,3,5,9-10H2,1H3/t13-/m0/s1. The number of rotatable bonds is 4. The number of hydrogen-bond acceptors (Lipinski definition) is 5. The maximum atomic E-state index is 5.64. The Balaban J connectivity index is 1.64. The first kappa shape index (κ1) is 14.1. The second-order valence-corrected chi connectivity index (χ2v) is 5.69. The van der Waals surface area contributed by atoms with Crippen molar-refractivity contribution in [2.75, 3.05) is 13.7 Å². The van der Waals surface area contributed by atoms with E-state index < -0.39 is 0 Å². The molecule has 6 heteroatoms. The van der Waals surface area contributed by atoms with Gasteiger partial charge in [0, 0.05) is 12.0 Å². The summed E-state index contributed by atoms with van der Waals surface area (Å²) < 4.78 is 12.9. The van der Waals surface area contributed by atoms with Gasteiger partial charge >= 0.3 is 0 Å². The molecule has 118 valence electrons. The van der Waals surface area contributed by atoms with Gasteiger partial charge in [-0.2, -0.15) is 0 Å². The number of pyridine rings is 1. The predicted octanol–water partition coefficient (Wildman–Crippen LogP) is 2.68. The van der Waals surface area contributed by atoms with Crippen molar-refractivity contribution in [2.24, 2.45) is 0 Å². The molecule has 1 fully saturated rings. The van der Waals surface area contributed by atoms with Crippen LogP contribution in [0, 0.1) is 0 Å². The summed E-state index contributed by atoms with van der Waals surface area (Å²) in [6.45, 7) is 1.59. The zero-order valence-corrected chi connectivity index (χ0v) is 13.0. The van der Waals surface area contributed by atoms with Crippen molar-refractivity contribution >= 4 is 10.9 Å². The van der Waals surface area contributed by atoms with Crippen LogP contribution in [-0.4, -0.2) is 39.8 Å². The molecule has 1 aliphatic rings. The molecule has 0 amide bonds. The van der Waals surface area contributed by atoms with Crippen molar-refractivity contribution < 1.29 is 9.47 Å². The number of para-hydroxylation sites is 1. The van der Waals surface area contributed by atoms with E-state index in [0.717, 1.165) is 54.0 Å². The zero-order valence-electron chi connectivity index (χ0n) is 13.0. The minimum absolute atomic E-state index is 0.245. The minimum atomic E-state index is 0.245. The molecular formula is C17H18N4O2. The van der Waals surface area contributed by atoms with Crippen molar-refractivity contribution in [1.29, 1.82) is 0 Å². The van der Waals surface area contributed by atoms with E-state index in [-0.39, 0.29) is 6.10 Å². The second kappa shape index (κ2) is 5.96. The van der Waals surface area contributed by atoms with Gasteiger partial charge in [-0.3, -0.25) is 0 Å². The molecule has 4 rings (SSSR count). The summed E-state index contributed by atoms with van der Waals surface area (Å²) in [6.07, 6.45) is 4.37. The molecular weight excluding hydrogens is 292 g/mol. The molecule has 0 N–H and O–H groups in total. The lowest BCUT2D eigenvalue weighted by Gasteiger charge is -2.07. The second-order valence-electron chi connectivity index (χ2n) is 5.69. The highest BCUT2D eigenvalue weighted by Crippen LogP contribution is 2.26. The lowest BCUT2D eigenvalue weighted by molar-refractivity contribution is 0.0935. The molecule has 0 bridgehead atoms. The van der Waals surface area contributed by atoms with Gasteiger partial charge in [0.1, 0.15) is 17.0 Å². The first-order chi connectivity index (χ1) is 11.3. The Kier molecular flexibility index (Phi) is 3.67. The average Bonchev–Trinajstić information content (AvgIpc) is 3.26. The lowest BCUT2D eigenvalue weighted by Crippen LogP contribution is -2.15. The third kappa shape index (κ3) is 2.77. The van der Waals surface area contributed by atoms with Gasteiger partial charge in [0.25, 0.3) is 0 Å². The number of methoxy groups -OCH3 is 1. The van der Waals surface area contributed by atoms with Crippen molar-refractivity contribution in [3.8, 4) is 17.1 Å². The molecule has 23 heavy (non-hydrogen) atoms. The van der Waals surface area contributed by atoms with Crippen LogP contribution >= 0.6 is 0 Å². The molecule has 3 aromatic rings. The Morgan fingerprint density at radius 2 is 2.22 bits per heavy atom. The topological polar surface area (TPSA) is 62.1 Å². The highest BCUT2D eigenvalue weighted by atomic mass is 16.5. The van der Waals surface area contributed by atoms with Gasteiger partial charge in [0.2, 0.25) is 0 Å². The van der Waals surface area contributed by atoms with Gasteiger partial charge in [-0.25, -0.2) is 9.67 Å². The van der Waals surface area contributed by atoms with E-state index in [1.165, 1.54) is 0 Å². The summed E-state index contributed by atoms with van der Waals surface area (Å²) in [5.41, 5.74) is 2.39. The maximum absolute atomic E-state index is 5.64. The van der Waals surface area contributed by atoms with Crippen LogP contribution in [0.4, 0.5) is 0 Å². The van der Waals surface area contributed by atoms with Crippen LogP contribution in [0.2, 0.25) is 0 Å². The molecule has 0 saturated carbocycles. The smallest absolute Gasteiger partial charge is 0.145 e. The van der Waals surface area contributed by atoms with Crippen LogP contribution in [0.15, 0.2) is 36.5 Å². The number of nitrogens with zero attached hydrogens (tertiary/aromatic N) is 4. The molecule has 0 unspecified atom stereocenters. The molecule has 2 aromatic heterocycles. The summed E-state index contributed by atoms with van der Waals surface area (Å²) in [5, 5.41) is 9.48. The van der Waals surface area contributed by atoms with E-state index >= 15 is 0 Å². The van der Waals surface area contributed by atoms with Gasteiger partial charge < -0.3 is 9.47 Å². The highest BCUT2D eigenvalue weighted by Gasteiger charge is 2.17. The number of fused-ring (bicyclic) bond motifs is 1. The first-order valence-electron chi connectivity index (χ1n) is 7.79. The van der Waals surface area contributed by atoms with Crippen molar-refractivity contribution in [2.45, 2.75) is 25.5 Å². The van der Waals surface area contributed by atoms with E-state index in [0.29, 0.717) is 0 Å². The molecule has 1 atom stereocenters. The Morgan fingerprint density at radius 3 is 3.04 bits per heavy atom. The van der Waals surface area contributed by atoms with E-state index in [9.17, 15) is 0 Å². The number of benzene rings is 1. The van der Waals surface area contributed by atoms with Gasteiger partial charge in [-0.15, -0.1) is 5.10 Å². The molecule has 1 aliphatic heterocycles. The van der Waals surface area contributed by atoms with Gasteiger partial charge in [0.15, 0.2) is 0 Å². The fraction of sp³-hybridized carbons (Fsp3) is 0.353. The average molecular weight is 310 g/mol. The van der Waals surface area contributed by atoms with Gasteiger partial charge in [-0.05, 0) is 25.0 Å². The summed E-state index contributed by atoms with van der Waals surface area (Å²) >= 11 is 0. The lowest BCUT2D eigenvalue weighted by atomic mass is 10.1. The monoisotopic (exact) mass is 310 g/mol. The van der Waals surface area contributed by atoms with Crippen LogP contribution in [-0.2, 0) is 11.3 Å². The summed E-state index contributed by atoms with van der Waals surface area (Å²) in [4.78, 5) is 4.69. The third-order valence-corrected chi connectivity index (χ3v) is 4.12. The van der Waals surface area contributed by atoms with Crippen molar-refractivity contribution in [1.82, 2.24) is 20.0 Å². The fourth-order valence-electron chi connectivity index (χ4n) is 2.93. The van der Waals surface area contributed by atoms with Gasteiger partial charge in [0.05, 0.1) is 31.6 Å². The van der Waals surface area contributed by atoms with Crippen molar-refractivity contribution in [3.05, 3.63) is 36.5 Å². The molecule has 0 aliphatic carbocycles. The van der Waals surface area contributed by atoms with Gasteiger partial charge in [-0.1, -0.05) is 23.4 Å². The van der Waals surface area contributed by atoms with Crippen LogP contribution in [0.5, 0.6) is 5.75 Å². The SMILES string of the molecule is COc1cccc2ccc(-c3cn(C[C@@H]4CCCO4)nn3)nc12. The number of hydrogen-bond donors (Lipinski definition) is 0. The summed E-state index contributed by atoms with van der Waals surface area (Å²) in [6, 6.07) is 9.87. The molecule has 1 aromatic carbocycles. The van der Waals surface area contributed by atoms with E-state index in [4.69, 9.17) is 9.47 Å². The Morgan fingerprint density at radius 1 is 1.26 bits per heavy atom. The normalized spacial score (nSPS) is 17.7. The maximum Gasteiger partial charge on any atom is 0.145 e. The van der Waals surface area contributed by atoms with Crippen molar-refractivity contribution in [3.63, 3.8) is 0 Å². The minimum Gasteiger partial charge on any atom is -0.494 e. The van der Waals surface area contributed by atoms with Crippen LogP contribution in [0.3, 0.4) is 0 Å². The predicted molar refractivity (Wildman–Crippen MR) is 86.3 cm³/mol. The summed E-state index contributed by atoms with van der Waals surface area (Å²) in [5.74, 6) is 0.760. The number of aromatic nitrogens is 4. The van der Waals surface area contributed by atoms with E-state index in [1.807, 2.05) is 41.2 Å². The molecule has 1 saturated heterocycles. The molecule has 0 radical (unpaired) electrons. The molecule has 0 spiro atoms. The van der Waals surface area contributed by atoms with E-state index in [1.54, 1.807) is 7.11 Å². The first-order valence-corrected chi connectivity index (χ1v) is 7.79. The Bertz CT molecular complexity index is 824. The molecule has 3 heterocycles. The van der Waals surface area contributed by atoms with E-state index in [2.05, 4.69) is 15.3 Å². The van der Waals surface area contributed by atoms with Crippen LogP contribution < -0.4 is 4.74 Å². The van der Waals surface area contributed by atoms with Crippen LogP contribution in [0.25, 0.3) is 22.3 Å². The fourth-order valence-corrected chi connectivity index (χ4v) is 2.93. The van der Waals surface area contributed by atoms with Crippen LogP contribution in [0.1, 0.15) is 12.8 Å². The Labute approximate surface area is 134 Å². The Hall–Kier alpha value is -2.47. The zero-order chi connectivity index (χ0) is 15.6. The highest BCUT2D eigenvalue weighted by molar-refractivity contribution is 5.86. The number of ether oxygens (including phenoxy) is 2. The largest absolute Gasteiger partial charge is 0.494 e. The third-order valence-electron chi connectivity index (χ3n) is 4.12.